The van der Waals surface area contributed by atoms with Crippen LogP contribution in [0.2, 0.25) is 5.02 Å². The SMILES string of the molecule is O=C(Nc1ccc(Cl)cc1)C(=O)[C@@H](C(=O)c1ccccc1)C(c1ccccc1)c1ccccc1. The number of benzene rings is 4. The lowest BCUT2D eigenvalue weighted by molar-refractivity contribution is -0.136. The zero-order valence-corrected chi connectivity index (χ0v) is 19.0. The van der Waals surface area contributed by atoms with Gasteiger partial charge in [0.1, 0.15) is 5.92 Å². The lowest BCUT2D eigenvalue weighted by atomic mass is 9.74. The molecule has 0 aliphatic carbocycles. The molecule has 4 aromatic rings. The van der Waals surface area contributed by atoms with Gasteiger partial charge >= 0.3 is 0 Å². The third-order valence-electron chi connectivity index (χ3n) is 5.60. The highest BCUT2D eigenvalue weighted by Gasteiger charge is 2.40. The Morgan fingerprint density at radius 1 is 0.618 bits per heavy atom. The maximum atomic E-state index is 13.8. The Balaban J connectivity index is 1.79. The van der Waals surface area contributed by atoms with Gasteiger partial charge in [-0.2, -0.15) is 0 Å². The van der Waals surface area contributed by atoms with Gasteiger partial charge in [-0.3, -0.25) is 14.4 Å². The first kappa shape index (κ1) is 23.1. The topological polar surface area (TPSA) is 63.2 Å². The average molecular weight is 468 g/mol. The number of ketones is 2. The van der Waals surface area contributed by atoms with Crippen molar-refractivity contribution < 1.29 is 14.4 Å². The van der Waals surface area contributed by atoms with Crippen molar-refractivity contribution in [2.45, 2.75) is 5.92 Å². The van der Waals surface area contributed by atoms with Crippen LogP contribution in [-0.4, -0.2) is 17.5 Å². The normalized spacial score (nSPS) is 11.6. The second-order valence-electron chi connectivity index (χ2n) is 7.83. The third kappa shape index (κ3) is 5.30. The molecule has 1 amide bonds. The fourth-order valence-corrected chi connectivity index (χ4v) is 4.10. The maximum absolute atomic E-state index is 13.8. The van der Waals surface area contributed by atoms with E-state index in [9.17, 15) is 14.4 Å². The Morgan fingerprint density at radius 3 is 1.59 bits per heavy atom. The lowest BCUT2D eigenvalue weighted by Crippen LogP contribution is -2.38. The molecular weight excluding hydrogens is 446 g/mol. The molecule has 0 bridgehead atoms. The molecule has 34 heavy (non-hydrogen) atoms. The Bertz CT molecular complexity index is 1230. The van der Waals surface area contributed by atoms with Crippen molar-refractivity contribution in [3.05, 3.63) is 137 Å². The number of hydrogen-bond acceptors (Lipinski definition) is 3. The molecule has 4 rings (SSSR count). The molecule has 0 aliphatic heterocycles. The zero-order valence-electron chi connectivity index (χ0n) is 18.2. The molecule has 0 saturated heterocycles. The first-order chi connectivity index (χ1) is 16.5. The van der Waals surface area contributed by atoms with Crippen molar-refractivity contribution >= 4 is 34.8 Å². The highest BCUT2D eigenvalue weighted by Crippen LogP contribution is 2.35. The van der Waals surface area contributed by atoms with Crippen LogP contribution in [0.3, 0.4) is 0 Å². The highest BCUT2D eigenvalue weighted by molar-refractivity contribution is 6.45. The Morgan fingerprint density at radius 2 is 1.09 bits per heavy atom. The van der Waals surface area contributed by atoms with Gasteiger partial charge in [0, 0.05) is 22.2 Å². The van der Waals surface area contributed by atoms with Crippen LogP contribution in [-0.2, 0) is 9.59 Å². The molecule has 0 fully saturated rings. The van der Waals surface area contributed by atoms with Gasteiger partial charge in [0.25, 0.3) is 5.91 Å². The second kappa shape index (κ2) is 10.7. The summed E-state index contributed by atoms with van der Waals surface area (Å²) in [5.74, 6) is -3.96. The predicted octanol–water partition coefficient (Wildman–Crippen LogP) is 6.18. The number of Topliss-reactive ketones (excluding diaryl/α,β-unsaturated/α-hetero) is 2. The second-order valence-corrected chi connectivity index (χ2v) is 8.27. The summed E-state index contributed by atoms with van der Waals surface area (Å²) >= 11 is 5.92. The first-order valence-corrected chi connectivity index (χ1v) is 11.2. The molecule has 168 valence electrons. The number of hydrogen-bond donors (Lipinski definition) is 1. The molecule has 5 heteroatoms. The minimum absolute atomic E-state index is 0.372. The van der Waals surface area contributed by atoms with E-state index in [0.717, 1.165) is 11.1 Å². The summed E-state index contributed by atoms with van der Waals surface area (Å²) in [6.45, 7) is 0. The number of carbonyl (C=O) groups excluding carboxylic acids is 3. The fourth-order valence-electron chi connectivity index (χ4n) is 3.97. The molecular formula is C29H22ClNO3. The van der Waals surface area contributed by atoms with E-state index in [2.05, 4.69) is 5.32 Å². The summed E-state index contributed by atoms with van der Waals surface area (Å²) in [5.41, 5.74) is 2.34. The molecule has 4 nitrogen and oxygen atoms in total. The summed E-state index contributed by atoms with van der Waals surface area (Å²) in [5, 5.41) is 3.12. The highest BCUT2D eigenvalue weighted by atomic mass is 35.5. The fraction of sp³-hybridized carbons (Fsp3) is 0.0690. The van der Waals surface area contributed by atoms with Crippen molar-refractivity contribution in [2.75, 3.05) is 5.32 Å². The molecule has 0 radical (unpaired) electrons. The summed E-state index contributed by atoms with van der Waals surface area (Å²) in [7, 11) is 0. The Kier molecular flexibility index (Phi) is 7.31. The van der Waals surface area contributed by atoms with Crippen LogP contribution in [0, 0.1) is 5.92 Å². The number of anilines is 1. The molecule has 0 heterocycles. The van der Waals surface area contributed by atoms with E-state index in [-0.39, 0.29) is 0 Å². The Labute approximate surface area is 203 Å². The van der Waals surface area contributed by atoms with Gasteiger partial charge < -0.3 is 5.32 Å². The molecule has 1 atom stereocenters. The number of amides is 1. The van der Waals surface area contributed by atoms with Crippen molar-refractivity contribution in [2.24, 2.45) is 5.92 Å². The smallest absolute Gasteiger partial charge is 0.292 e. The van der Waals surface area contributed by atoms with E-state index in [1.807, 2.05) is 60.7 Å². The van der Waals surface area contributed by atoms with Gasteiger partial charge in [-0.25, -0.2) is 0 Å². The standard InChI is InChI=1S/C29H22ClNO3/c30-23-16-18-24(19-17-23)31-29(34)28(33)26(27(32)22-14-8-3-9-15-22)25(20-10-4-1-5-11-20)21-12-6-2-7-13-21/h1-19,25-26H,(H,31,34)/t26-/m1/s1. The van der Waals surface area contributed by atoms with E-state index in [4.69, 9.17) is 11.6 Å². The van der Waals surface area contributed by atoms with E-state index in [0.29, 0.717) is 16.3 Å². The largest absolute Gasteiger partial charge is 0.319 e. The van der Waals surface area contributed by atoms with E-state index < -0.39 is 29.3 Å². The summed E-state index contributed by atoms with van der Waals surface area (Å²) in [6.07, 6.45) is 0. The van der Waals surface area contributed by atoms with Gasteiger partial charge in [-0.05, 0) is 35.4 Å². The average Bonchev–Trinajstić information content (AvgIpc) is 2.89. The Hall–Kier alpha value is -4.02. The van der Waals surface area contributed by atoms with Gasteiger partial charge in [-0.1, -0.05) is 103 Å². The van der Waals surface area contributed by atoms with Crippen LogP contribution in [0.1, 0.15) is 27.4 Å². The molecule has 0 aliphatic rings. The summed E-state index contributed by atoms with van der Waals surface area (Å²) < 4.78 is 0. The van der Waals surface area contributed by atoms with E-state index >= 15 is 0 Å². The van der Waals surface area contributed by atoms with Crippen LogP contribution in [0.25, 0.3) is 0 Å². The number of rotatable bonds is 8. The molecule has 0 aromatic heterocycles. The van der Waals surface area contributed by atoms with Crippen molar-refractivity contribution in [1.29, 1.82) is 0 Å². The molecule has 0 saturated carbocycles. The van der Waals surface area contributed by atoms with E-state index in [1.165, 1.54) is 0 Å². The predicted molar refractivity (Wildman–Crippen MR) is 134 cm³/mol. The minimum atomic E-state index is -1.25. The molecule has 0 unspecified atom stereocenters. The molecule has 4 aromatic carbocycles. The molecule has 1 N–H and O–H groups in total. The number of carbonyl (C=O) groups is 3. The summed E-state index contributed by atoms with van der Waals surface area (Å²) in [4.78, 5) is 40.5. The third-order valence-corrected chi connectivity index (χ3v) is 5.85. The van der Waals surface area contributed by atoms with Crippen LogP contribution in [0.15, 0.2) is 115 Å². The van der Waals surface area contributed by atoms with Gasteiger partial charge in [0.2, 0.25) is 5.78 Å². The zero-order chi connectivity index (χ0) is 23.9. The van der Waals surface area contributed by atoms with Crippen LogP contribution >= 0.6 is 11.6 Å². The van der Waals surface area contributed by atoms with Crippen molar-refractivity contribution in [1.82, 2.24) is 0 Å². The lowest BCUT2D eigenvalue weighted by Gasteiger charge is -2.26. The van der Waals surface area contributed by atoms with Crippen LogP contribution < -0.4 is 5.32 Å². The van der Waals surface area contributed by atoms with Crippen LogP contribution in [0.4, 0.5) is 5.69 Å². The maximum Gasteiger partial charge on any atom is 0.292 e. The molecule has 0 spiro atoms. The van der Waals surface area contributed by atoms with E-state index in [1.54, 1.807) is 54.6 Å². The van der Waals surface area contributed by atoms with Gasteiger partial charge in [-0.15, -0.1) is 0 Å². The summed E-state index contributed by atoms with van der Waals surface area (Å²) in [6, 6.07) is 33.7. The van der Waals surface area contributed by atoms with Gasteiger partial charge in [0.15, 0.2) is 5.78 Å². The number of nitrogens with one attached hydrogen (secondary N) is 1. The van der Waals surface area contributed by atoms with Crippen LogP contribution in [0.5, 0.6) is 0 Å². The monoisotopic (exact) mass is 467 g/mol. The van der Waals surface area contributed by atoms with Gasteiger partial charge in [0.05, 0.1) is 0 Å². The quantitative estimate of drug-likeness (QED) is 0.191. The number of halogens is 1. The first-order valence-electron chi connectivity index (χ1n) is 10.8. The van der Waals surface area contributed by atoms with Crippen molar-refractivity contribution in [3.63, 3.8) is 0 Å². The van der Waals surface area contributed by atoms with Crippen molar-refractivity contribution in [3.8, 4) is 0 Å². The minimum Gasteiger partial charge on any atom is -0.319 e.